The molecule has 0 fully saturated rings. The van der Waals surface area contributed by atoms with Crippen LogP contribution in [0.1, 0.15) is 24.1 Å². The summed E-state index contributed by atoms with van der Waals surface area (Å²) in [5, 5.41) is 4.84. The topological polar surface area (TPSA) is 31.2 Å². The maximum absolute atomic E-state index is 6.68. The highest BCUT2D eigenvalue weighted by Crippen LogP contribution is 2.47. The van der Waals surface area contributed by atoms with Gasteiger partial charge < -0.3 is 13.4 Å². The number of hydrogen-bond donors (Lipinski definition) is 0. The molecule has 0 saturated carbocycles. The molecule has 11 rings (SSSR count). The Hall–Kier alpha value is -6.32. The summed E-state index contributed by atoms with van der Waals surface area (Å²) in [4.78, 5) is 0. The maximum atomic E-state index is 6.68. The normalized spacial score (nSPS) is 13.5. The first-order chi connectivity index (χ1) is 25.3. The van der Waals surface area contributed by atoms with E-state index in [-0.39, 0.29) is 0 Å². The summed E-state index contributed by atoms with van der Waals surface area (Å²) in [5.74, 6) is 1.01. The molecule has 9 aromatic rings. The van der Waals surface area contributed by atoms with Crippen molar-refractivity contribution in [1.82, 2.24) is 4.57 Å². The second-order valence-corrected chi connectivity index (χ2v) is 13.8. The molecule has 0 radical (unpaired) electrons. The molecule has 0 spiro atoms. The Balaban J connectivity index is 1.22. The van der Waals surface area contributed by atoms with Gasteiger partial charge in [0.2, 0.25) is 0 Å². The van der Waals surface area contributed by atoms with E-state index in [1.54, 1.807) is 0 Å². The van der Waals surface area contributed by atoms with E-state index in [9.17, 15) is 0 Å². The quantitative estimate of drug-likeness (QED) is 0.189. The van der Waals surface area contributed by atoms with Crippen LogP contribution in [0.2, 0.25) is 0 Å². The SMILES string of the molecule is C1=c2oc3c(-c4cc(-c5ccccc5-c5ccccc5)cc(-n5c6c(c7ccccc75)-c5oc7ccccc7c5CC6)c4)cccc3c2=CCC1. The van der Waals surface area contributed by atoms with Crippen molar-refractivity contribution in [2.45, 2.75) is 25.7 Å². The number of furan rings is 2. The molecule has 0 saturated heterocycles. The van der Waals surface area contributed by atoms with E-state index in [0.717, 1.165) is 64.8 Å². The molecule has 0 aliphatic heterocycles. The summed E-state index contributed by atoms with van der Waals surface area (Å²) in [6, 6.07) is 50.5. The van der Waals surface area contributed by atoms with Gasteiger partial charge in [-0.05, 0) is 89.9 Å². The lowest BCUT2D eigenvalue weighted by Gasteiger charge is -2.19. The van der Waals surface area contributed by atoms with Gasteiger partial charge in [0.1, 0.15) is 22.3 Å². The lowest BCUT2D eigenvalue weighted by Crippen LogP contribution is -2.21. The van der Waals surface area contributed by atoms with Gasteiger partial charge in [0.25, 0.3) is 0 Å². The maximum Gasteiger partial charge on any atom is 0.143 e. The first-order valence-electron chi connectivity index (χ1n) is 18.0. The van der Waals surface area contributed by atoms with Gasteiger partial charge in [-0.15, -0.1) is 0 Å². The number of aryl methyl sites for hydroxylation is 1. The van der Waals surface area contributed by atoms with Crippen LogP contribution in [0.3, 0.4) is 0 Å². The number of para-hydroxylation sites is 3. The molecule has 0 amide bonds. The number of hydrogen-bond acceptors (Lipinski definition) is 2. The predicted octanol–water partition coefficient (Wildman–Crippen LogP) is 11.2. The molecule has 2 aliphatic carbocycles. The Kier molecular flexibility index (Phi) is 6.20. The second-order valence-electron chi connectivity index (χ2n) is 13.8. The van der Waals surface area contributed by atoms with Gasteiger partial charge in [-0.25, -0.2) is 0 Å². The summed E-state index contributed by atoms with van der Waals surface area (Å²) in [7, 11) is 0. The van der Waals surface area contributed by atoms with Crippen molar-refractivity contribution in [2.75, 3.05) is 0 Å². The molecular formula is C48H33NO2. The highest BCUT2D eigenvalue weighted by atomic mass is 16.3. The zero-order valence-electron chi connectivity index (χ0n) is 28.0. The van der Waals surface area contributed by atoms with Gasteiger partial charge in [-0.2, -0.15) is 0 Å². The molecule has 51 heavy (non-hydrogen) atoms. The molecule has 3 heterocycles. The summed E-state index contributed by atoms with van der Waals surface area (Å²) >= 11 is 0. The van der Waals surface area contributed by atoms with Crippen LogP contribution in [-0.4, -0.2) is 4.57 Å². The van der Waals surface area contributed by atoms with Crippen molar-refractivity contribution in [2.24, 2.45) is 0 Å². The Morgan fingerprint density at radius 2 is 1.20 bits per heavy atom. The minimum atomic E-state index is 0.923. The average Bonchev–Trinajstić information content (AvgIpc) is 3.87. The van der Waals surface area contributed by atoms with Crippen LogP contribution in [0, 0.1) is 0 Å². The Bertz CT molecular complexity index is 2970. The number of benzene rings is 6. The summed E-state index contributed by atoms with van der Waals surface area (Å²) in [5.41, 5.74) is 16.0. The van der Waals surface area contributed by atoms with Crippen molar-refractivity contribution in [3.05, 3.63) is 161 Å². The van der Waals surface area contributed by atoms with E-state index in [4.69, 9.17) is 8.83 Å². The van der Waals surface area contributed by atoms with E-state index in [2.05, 4.69) is 156 Å². The Morgan fingerprint density at radius 3 is 2.08 bits per heavy atom. The molecule has 0 bridgehead atoms. The highest BCUT2D eigenvalue weighted by molar-refractivity contribution is 6.03. The average molecular weight is 656 g/mol. The number of fused-ring (bicyclic) bond motifs is 10. The fourth-order valence-electron chi connectivity index (χ4n) is 8.71. The molecule has 3 nitrogen and oxygen atoms in total. The largest absolute Gasteiger partial charge is 0.456 e. The summed E-state index contributed by atoms with van der Waals surface area (Å²) in [6.45, 7) is 0. The molecule has 0 unspecified atom stereocenters. The van der Waals surface area contributed by atoms with Gasteiger partial charge in [0, 0.05) is 49.4 Å². The van der Waals surface area contributed by atoms with Crippen LogP contribution in [0.4, 0.5) is 0 Å². The predicted molar refractivity (Wildman–Crippen MR) is 209 cm³/mol. The van der Waals surface area contributed by atoms with Crippen LogP contribution < -0.4 is 10.6 Å². The molecule has 0 N–H and O–H groups in total. The van der Waals surface area contributed by atoms with Crippen LogP contribution >= 0.6 is 0 Å². The van der Waals surface area contributed by atoms with Gasteiger partial charge >= 0.3 is 0 Å². The van der Waals surface area contributed by atoms with Gasteiger partial charge in [-0.1, -0.05) is 115 Å². The summed E-state index contributed by atoms with van der Waals surface area (Å²) in [6.07, 6.45) is 8.47. The van der Waals surface area contributed by atoms with Gasteiger partial charge in [0.05, 0.1) is 5.52 Å². The van der Waals surface area contributed by atoms with E-state index in [1.807, 2.05) is 0 Å². The molecule has 242 valence electrons. The molecular weight excluding hydrogens is 623 g/mol. The van der Waals surface area contributed by atoms with E-state index in [1.165, 1.54) is 66.0 Å². The molecule has 0 atom stereocenters. The third-order valence-electron chi connectivity index (χ3n) is 10.9. The Morgan fingerprint density at radius 1 is 0.510 bits per heavy atom. The molecule has 6 aromatic carbocycles. The highest BCUT2D eigenvalue weighted by Gasteiger charge is 2.30. The molecule has 2 aliphatic rings. The minimum absolute atomic E-state index is 0.923. The third kappa shape index (κ3) is 4.31. The van der Waals surface area contributed by atoms with E-state index < -0.39 is 0 Å². The number of aromatic nitrogens is 1. The van der Waals surface area contributed by atoms with Crippen molar-refractivity contribution in [1.29, 1.82) is 0 Å². The van der Waals surface area contributed by atoms with Crippen LogP contribution in [0.25, 0.3) is 95.4 Å². The summed E-state index contributed by atoms with van der Waals surface area (Å²) < 4.78 is 15.8. The molecule has 3 heteroatoms. The van der Waals surface area contributed by atoms with Crippen LogP contribution in [0.5, 0.6) is 0 Å². The lowest BCUT2D eigenvalue weighted by atomic mass is 9.91. The second kappa shape index (κ2) is 11.1. The first-order valence-corrected chi connectivity index (χ1v) is 18.0. The van der Waals surface area contributed by atoms with Crippen LogP contribution in [-0.2, 0) is 12.8 Å². The third-order valence-corrected chi connectivity index (χ3v) is 10.9. The van der Waals surface area contributed by atoms with E-state index >= 15 is 0 Å². The fraction of sp³-hybridized carbons (Fsp3) is 0.0833. The van der Waals surface area contributed by atoms with Crippen molar-refractivity contribution < 1.29 is 8.83 Å². The van der Waals surface area contributed by atoms with Gasteiger partial charge in [-0.3, -0.25) is 0 Å². The van der Waals surface area contributed by atoms with Crippen molar-refractivity contribution in [3.63, 3.8) is 0 Å². The lowest BCUT2D eigenvalue weighted by molar-refractivity contribution is 0.572. The van der Waals surface area contributed by atoms with Crippen molar-refractivity contribution in [3.8, 4) is 50.4 Å². The number of nitrogens with zero attached hydrogens (tertiary/aromatic N) is 1. The Labute approximate surface area is 295 Å². The van der Waals surface area contributed by atoms with Crippen molar-refractivity contribution >= 4 is 45.0 Å². The minimum Gasteiger partial charge on any atom is -0.456 e. The monoisotopic (exact) mass is 655 g/mol. The smallest absolute Gasteiger partial charge is 0.143 e. The number of rotatable bonds is 4. The van der Waals surface area contributed by atoms with Gasteiger partial charge in [0.15, 0.2) is 0 Å². The molecule has 3 aromatic heterocycles. The zero-order chi connectivity index (χ0) is 33.5. The van der Waals surface area contributed by atoms with E-state index in [0.29, 0.717) is 0 Å². The fourth-order valence-corrected chi connectivity index (χ4v) is 8.71. The first kappa shape index (κ1) is 28.5. The standard InChI is InChI=1S/C48H33NO2/c1-2-13-30(14-3-1)34-15-4-5-16-35(34)31-27-32(36-20-12-21-39-37-17-7-10-23-44(37)50-47(36)39)29-33(28-31)49-42-22-9-6-19-41(42)46-43(49)26-25-40-38-18-8-11-24-45(38)51-48(40)46/h1-6,8-9,11-24,27-29H,7,10,25-26H2. The van der Waals surface area contributed by atoms with Crippen LogP contribution in [0.15, 0.2) is 148 Å². The zero-order valence-corrected chi connectivity index (χ0v) is 28.0.